The third kappa shape index (κ3) is 4.91. The van der Waals surface area contributed by atoms with Crippen LogP contribution in [0.2, 0.25) is 0 Å². The lowest BCUT2D eigenvalue weighted by Crippen LogP contribution is -2.59. The van der Waals surface area contributed by atoms with Crippen LogP contribution >= 0.6 is 7.82 Å². The van der Waals surface area contributed by atoms with Gasteiger partial charge in [-0.25, -0.2) is 4.57 Å². The Morgan fingerprint density at radius 2 is 1.81 bits per heavy atom. The highest BCUT2D eigenvalue weighted by molar-refractivity contribution is 7.47. The molecule has 1 heterocycles. The molecule has 0 aliphatic carbocycles. The summed E-state index contributed by atoms with van der Waals surface area (Å²) >= 11 is 0. The van der Waals surface area contributed by atoms with Crippen molar-refractivity contribution in [2.75, 3.05) is 6.61 Å². The van der Waals surface area contributed by atoms with Crippen LogP contribution in [-0.4, -0.2) is 85.2 Å². The molecule has 21 heavy (non-hydrogen) atoms. The maximum absolute atomic E-state index is 11.6. The third-order valence-electron chi connectivity index (χ3n) is 2.82. The first kappa shape index (κ1) is 18.9. The lowest BCUT2D eigenvalue weighted by atomic mass is 9.99. The van der Waals surface area contributed by atoms with E-state index in [0.29, 0.717) is 0 Å². The molecule has 0 bridgehead atoms. The van der Waals surface area contributed by atoms with Gasteiger partial charge in [-0.2, -0.15) is 0 Å². The second-order valence-corrected chi connectivity index (χ2v) is 5.85. The van der Waals surface area contributed by atoms with Crippen molar-refractivity contribution in [3.05, 3.63) is 0 Å². The lowest BCUT2D eigenvalue weighted by molar-refractivity contribution is -0.283. The van der Waals surface area contributed by atoms with E-state index in [2.05, 4.69) is 9.05 Å². The Morgan fingerprint density at radius 1 is 1.24 bits per heavy atom. The van der Waals surface area contributed by atoms with Crippen LogP contribution in [0.25, 0.3) is 0 Å². The van der Waals surface area contributed by atoms with Crippen LogP contribution in [0, 0.1) is 0 Å². The Bertz CT molecular complexity index is 377. The quantitative estimate of drug-likeness (QED) is 0.190. The Balaban J connectivity index is 2.74. The average molecular weight is 334 g/mol. The first-order valence-corrected chi connectivity index (χ1v) is 7.45. The van der Waals surface area contributed by atoms with Gasteiger partial charge >= 0.3 is 7.82 Å². The van der Waals surface area contributed by atoms with Crippen LogP contribution in [0.4, 0.5) is 0 Å². The third-order valence-corrected chi connectivity index (χ3v) is 3.93. The lowest BCUT2D eigenvalue weighted by Gasteiger charge is -2.40. The predicted octanol–water partition coefficient (Wildman–Crippen LogP) is -3.38. The van der Waals surface area contributed by atoms with Crippen molar-refractivity contribution in [2.45, 2.75) is 50.0 Å². The molecule has 1 rings (SSSR count). The molecule has 0 aromatic heterocycles. The van der Waals surface area contributed by atoms with E-state index in [1.54, 1.807) is 0 Å². The predicted molar refractivity (Wildman–Crippen MR) is 63.5 cm³/mol. The van der Waals surface area contributed by atoms with Crippen molar-refractivity contribution in [1.82, 2.24) is 0 Å². The second-order valence-electron chi connectivity index (χ2n) is 4.49. The summed E-state index contributed by atoms with van der Waals surface area (Å²) in [6, 6.07) is 0. The molecule has 1 aliphatic heterocycles. The van der Waals surface area contributed by atoms with Crippen molar-refractivity contribution in [3.8, 4) is 0 Å². The molecule has 1 saturated heterocycles. The van der Waals surface area contributed by atoms with Crippen LogP contribution in [0.1, 0.15) is 6.92 Å². The fourth-order valence-electron chi connectivity index (χ4n) is 1.63. The standard InChI is InChI=1S/C9H19O11P/c1-3(8(13)14)19-21(16,17)20-7-6(12)5(11)4(2-10)18-9(7)15/h3-15H,2H2,1H3,(H,16,17)/t3-,4+,5+,6-,7+,9-/m0/s1. The van der Waals surface area contributed by atoms with E-state index in [1.807, 2.05) is 0 Å². The largest absolute Gasteiger partial charge is 0.473 e. The SMILES string of the molecule is C[C@H](OP(=O)(O)O[C@@H]1[C@@H](O)[C@H](O)[C@@H](CO)O[C@@H]1O)C(O)O. The first-order chi connectivity index (χ1) is 9.59. The summed E-state index contributed by atoms with van der Waals surface area (Å²) in [6.45, 7) is 0.362. The molecule has 1 fully saturated rings. The highest BCUT2D eigenvalue weighted by Gasteiger charge is 2.47. The van der Waals surface area contributed by atoms with Gasteiger partial charge in [-0.1, -0.05) is 0 Å². The highest BCUT2D eigenvalue weighted by atomic mass is 31.2. The van der Waals surface area contributed by atoms with Gasteiger partial charge in [0, 0.05) is 0 Å². The van der Waals surface area contributed by atoms with Gasteiger partial charge in [-0.15, -0.1) is 0 Å². The van der Waals surface area contributed by atoms with Crippen molar-refractivity contribution in [3.63, 3.8) is 0 Å². The second kappa shape index (κ2) is 7.40. The fourth-order valence-corrected chi connectivity index (χ4v) is 2.74. The van der Waals surface area contributed by atoms with Gasteiger partial charge in [0.1, 0.15) is 30.5 Å². The number of phosphoric ester groups is 1. The number of hydrogen-bond acceptors (Lipinski definition) is 10. The van der Waals surface area contributed by atoms with Gasteiger partial charge in [0.25, 0.3) is 0 Å². The molecule has 7 atom stereocenters. The Morgan fingerprint density at radius 3 is 2.29 bits per heavy atom. The smallest absolute Gasteiger partial charge is 0.394 e. The minimum Gasteiger partial charge on any atom is -0.394 e. The molecule has 11 nitrogen and oxygen atoms in total. The van der Waals surface area contributed by atoms with E-state index in [4.69, 9.17) is 20.1 Å². The molecular formula is C9H19O11P. The molecule has 12 heteroatoms. The monoisotopic (exact) mass is 334 g/mol. The maximum Gasteiger partial charge on any atom is 0.473 e. The van der Waals surface area contributed by atoms with E-state index in [9.17, 15) is 24.8 Å². The molecule has 1 aliphatic rings. The number of phosphoric acid groups is 1. The first-order valence-electron chi connectivity index (χ1n) is 5.95. The van der Waals surface area contributed by atoms with Crippen molar-refractivity contribution < 1.29 is 53.9 Å². The van der Waals surface area contributed by atoms with Crippen LogP contribution in [0.3, 0.4) is 0 Å². The van der Waals surface area contributed by atoms with Crippen molar-refractivity contribution in [1.29, 1.82) is 0 Å². The number of hydrogen-bond donors (Lipinski definition) is 7. The molecule has 1 unspecified atom stereocenters. The minimum absolute atomic E-state index is 0.705. The zero-order valence-corrected chi connectivity index (χ0v) is 11.9. The van der Waals surface area contributed by atoms with E-state index >= 15 is 0 Å². The van der Waals surface area contributed by atoms with E-state index in [-0.39, 0.29) is 0 Å². The summed E-state index contributed by atoms with van der Waals surface area (Å²) in [7, 11) is -4.89. The summed E-state index contributed by atoms with van der Waals surface area (Å²) in [6.07, 6.45) is -12.1. The summed E-state index contributed by atoms with van der Waals surface area (Å²) in [5, 5.41) is 55.2. The van der Waals surface area contributed by atoms with Gasteiger partial charge < -0.3 is 40.3 Å². The van der Waals surface area contributed by atoms with Gasteiger partial charge in [0.15, 0.2) is 12.6 Å². The Kier molecular flexibility index (Phi) is 6.65. The normalized spacial score (nSPS) is 38.2. The molecule has 0 aromatic rings. The maximum atomic E-state index is 11.6. The Labute approximate surface area is 119 Å². The average Bonchev–Trinajstić information content (AvgIpc) is 2.38. The summed E-state index contributed by atoms with van der Waals surface area (Å²) in [5.74, 6) is 0. The topological polar surface area (TPSA) is 186 Å². The zero-order valence-electron chi connectivity index (χ0n) is 11.0. The van der Waals surface area contributed by atoms with Crippen LogP contribution in [0.5, 0.6) is 0 Å². The van der Waals surface area contributed by atoms with Crippen LogP contribution in [-0.2, 0) is 18.3 Å². The van der Waals surface area contributed by atoms with Crippen molar-refractivity contribution in [2.24, 2.45) is 0 Å². The molecule has 7 N–H and O–H groups in total. The minimum atomic E-state index is -4.89. The van der Waals surface area contributed by atoms with Gasteiger partial charge in [0.05, 0.1) is 6.61 Å². The molecular weight excluding hydrogens is 315 g/mol. The van der Waals surface area contributed by atoms with Crippen LogP contribution in [0.15, 0.2) is 0 Å². The van der Waals surface area contributed by atoms with E-state index in [0.717, 1.165) is 6.92 Å². The number of ether oxygens (including phenoxy) is 1. The molecule has 0 aromatic carbocycles. The van der Waals surface area contributed by atoms with Crippen LogP contribution < -0.4 is 0 Å². The molecule has 126 valence electrons. The molecule has 0 saturated carbocycles. The van der Waals surface area contributed by atoms with E-state index < -0.39 is 57.5 Å². The number of aliphatic hydroxyl groups excluding tert-OH is 5. The van der Waals surface area contributed by atoms with Crippen molar-refractivity contribution >= 4 is 7.82 Å². The van der Waals surface area contributed by atoms with Gasteiger partial charge in [0.2, 0.25) is 0 Å². The highest BCUT2D eigenvalue weighted by Crippen LogP contribution is 2.48. The fraction of sp³-hybridized carbons (Fsp3) is 1.00. The van der Waals surface area contributed by atoms with E-state index in [1.165, 1.54) is 0 Å². The summed E-state index contributed by atoms with van der Waals surface area (Å²) in [5.41, 5.74) is 0. The zero-order chi connectivity index (χ0) is 16.4. The molecule has 0 radical (unpaired) electrons. The summed E-state index contributed by atoms with van der Waals surface area (Å²) < 4.78 is 25.2. The Hall–Kier alpha value is -0.170. The van der Waals surface area contributed by atoms with Gasteiger partial charge in [-0.05, 0) is 6.92 Å². The molecule has 0 amide bonds. The number of aliphatic hydroxyl groups is 6. The number of rotatable bonds is 6. The van der Waals surface area contributed by atoms with Gasteiger partial charge in [-0.3, -0.25) is 9.05 Å². The summed E-state index contributed by atoms with van der Waals surface area (Å²) in [4.78, 5) is 9.41. The molecule has 0 spiro atoms.